The molecule has 164 valence electrons. The molecule has 1 aromatic carbocycles. The van der Waals surface area contributed by atoms with Gasteiger partial charge in [-0.25, -0.2) is 14.3 Å². The van der Waals surface area contributed by atoms with Gasteiger partial charge >= 0.3 is 5.97 Å². The molecule has 1 atom stereocenters. The summed E-state index contributed by atoms with van der Waals surface area (Å²) >= 11 is 6.24. The molecule has 0 aliphatic carbocycles. The molecular weight excluding hydrogens is 426 g/mol. The Kier molecular flexibility index (Phi) is 6.53. The van der Waals surface area contributed by atoms with E-state index in [1.165, 1.54) is 6.92 Å². The molecule has 3 heterocycles. The van der Waals surface area contributed by atoms with E-state index in [4.69, 9.17) is 21.4 Å². The Morgan fingerprint density at radius 1 is 1.16 bits per heavy atom. The predicted molar refractivity (Wildman–Crippen MR) is 125 cm³/mol. The molecular formula is C25H24ClN3O3. The van der Waals surface area contributed by atoms with Gasteiger partial charge in [-0.15, -0.1) is 0 Å². The van der Waals surface area contributed by atoms with Crippen LogP contribution in [-0.2, 0) is 22.4 Å². The number of pyridine rings is 1. The first-order valence-corrected chi connectivity index (χ1v) is 10.9. The molecule has 7 heteroatoms. The highest BCUT2D eigenvalue weighted by atomic mass is 35.5. The third-order valence-corrected chi connectivity index (χ3v) is 5.68. The maximum absolute atomic E-state index is 11.2. The maximum Gasteiger partial charge on any atom is 0.332 e. The second-order valence-electron chi connectivity index (χ2n) is 7.51. The van der Waals surface area contributed by atoms with Crippen LogP contribution in [0.25, 0.3) is 27.9 Å². The first-order valence-electron chi connectivity index (χ1n) is 10.5. The van der Waals surface area contributed by atoms with Crippen molar-refractivity contribution in [2.45, 2.75) is 32.8 Å². The highest BCUT2D eigenvalue weighted by molar-refractivity contribution is 6.29. The molecule has 0 spiro atoms. The van der Waals surface area contributed by atoms with Crippen LogP contribution in [0.3, 0.4) is 0 Å². The molecule has 32 heavy (non-hydrogen) atoms. The van der Waals surface area contributed by atoms with Gasteiger partial charge in [0, 0.05) is 23.0 Å². The molecule has 0 saturated carbocycles. The van der Waals surface area contributed by atoms with E-state index in [0.717, 1.165) is 45.6 Å². The summed E-state index contributed by atoms with van der Waals surface area (Å²) in [6, 6.07) is 17.9. The number of carboxylic acids is 1. The fourth-order valence-electron chi connectivity index (χ4n) is 3.84. The van der Waals surface area contributed by atoms with Crippen LogP contribution in [0.1, 0.15) is 25.1 Å². The Morgan fingerprint density at radius 2 is 1.94 bits per heavy atom. The summed E-state index contributed by atoms with van der Waals surface area (Å²) in [6.45, 7) is 3.88. The third kappa shape index (κ3) is 4.38. The summed E-state index contributed by atoms with van der Waals surface area (Å²) in [5, 5.41) is 14.6. The van der Waals surface area contributed by atoms with Crippen molar-refractivity contribution < 1.29 is 14.6 Å². The number of aromatic nitrogens is 3. The standard InChI is InChI=1S/C25H24ClN3O3/c1-3-19-9-10-21-23(18-11-13-27-22(26)15-18)20(12-14-32-16(2)25(30)31)24(28-29(19)21)17-7-5-4-6-8-17/h4-11,13,15-16H,3,12,14H2,1-2H3,(H,30,31). The predicted octanol–water partition coefficient (Wildman–Crippen LogP) is 5.31. The number of hydrogen-bond donors (Lipinski definition) is 1. The van der Waals surface area contributed by atoms with Crippen molar-refractivity contribution in [1.82, 2.24) is 14.6 Å². The van der Waals surface area contributed by atoms with Crippen LogP contribution >= 0.6 is 11.6 Å². The summed E-state index contributed by atoms with van der Waals surface area (Å²) in [5.74, 6) is -0.984. The van der Waals surface area contributed by atoms with Crippen molar-refractivity contribution in [3.63, 3.8) is 0 Å². The monoisotopic (exact) mass is 449 g/mol. The lowest BCUT2D eigenvalue weighted by Crippen LogP contribution is -2.21. The van der Waals surface area contributed by atoms with E-state index < -0.39 is 12.1 Å². The van der Waals surface area contributed by atoms with Crippen LogP contribution < -0.4 is 0 Å². The normalized spacial score (nSPS) is 12.2. The zero-order chi connectivity index (χ0) is 22.7. The zero-order valence-corrected chi connectivity index (χ0v) is 18.7. The Balaban J connectivity index is 1.95. The summed E-state index contributed by atoms with van der Waals surface area (Å²) in [7, 11) is 0. The second-order valence-corrected chi connectivity index (χ2v) is 7.90. The van der Waals surface area contributed by atoms with Gasteiger partial charge in [-0.1, -0.05) is 48.9 Å². The van der Waals surface area contributed by atoms with Crippen LogP contribution in [0.2, 0.25) is 5.15 Å². The molecule has 6 nitrogen and oxygen atoms in total. The number of carbonyl (C=O) groups is 1. The van der Waals surface area contributed by atoms with Gasteiger partial charge in [0.05, 0.1) is 17.8 Å². The number of aryl methyl sites for hydroxylation is 1. The van der Waals surface area contributed by atoms with Crippen molar-refractivity contribution >= 4 is 23.1 Å². The minimum atomic E-state index is -0.984. The van der Waals surface area contributed by atoms with Gasteiger partial charge in [0.25, 0.3) is 0 Å². The van der Waals surface area contributed by atoms with Crippen LogP contribution in [0, 0.1) is 0 Å². The molecule has 1 unspecified atom stereocenters. The number of hydrogen-bond acceptors (Lipinski definition) is 4. The maximum atomic E-state index is 11.2. The molecule has 4 rings (SSSR count). The number of halogens is 1. The van der Waals surface area contributed by atoms with Crippen LogP contribution in [-0.4, -0.2) is 38.4 Å². The smallest absolute Gasteiger partial charge is 0.332 e. The topological polar surface area (TPSA) is 76.7 Å². The molecule has 0 bridgehead atoms. The number of carboxylic acid groups (broad SMARTS) is 1. The van der Waals surface area contributed by atoms with Crippen LogP contribution in [0.15, 0.2) is 60.8 Å². The minimum Gasteiger partial charge on any atom is -0.479 e. The first-order chi connectivity index (χ1) is 15.5. The van der Waals surface area contributed by atoms with Gasteiger partial charge in [0.2, 0.25) is 0 Å². The number of fused-ring (bicyclic) bond motifs is 1. The molecule has 0 fully saturated rings. The van der Waals surface area contributed by atoms with Crippen LogP contribution in [0.4, 0.5) is 0 Å². The first kappa shape index (κ1) is 22.0. The molecule has 0 saturated heterocycles. The Bertz CT molecular complexity index is 1250. The number of rotatable bonds is 8. The lowest BCUT2D eigenvalue weighted by atomic mass is 9.94. The lowest BCUT2D eigenvalue weighted by Gasteiger charge is -2.18. The third-order valence-electron chi connectivity index (χ3n) is 5.47. The van der Waals surface area contributed by atoms with Crippen molar-refractivity contribution in [3.8, 4) is 22.4 Å². The summed E-state index contributed by atoms with van der Waals surface area (Å²) in [6.07, 6.45) is 2.14. The average Bonchev–Trinajstić information content (AvgIpc) is 3.21. The Labute approximate surface area is 191 Å². The van der Waals surface area contributed by atoms with Gasteiger partial charge in [-0.05, 0) is 55.2 Å². The summed E-state index contributed by atoms with van der Waals surface area (Å²) in [4.78, 5) is 15.3. The van der Waals surface area contributed by atoms with Gasteiger partial charge in [-0.2, -0.15) is 5.10 Å². The summed E-state index contributed by atoms with van der Waals surface area (Å²) in [5.41, 5.74) is 6.77. The van der Waals surface area contributed by atoms with Gasteiger partial charge in [0.15, 0.2) is 6.10 Å². The van der Waals surface area contributed by atoms with Crippen molar-refractivity contribution in [2.75, 3.05) is 6.61 Å². The fraction of sp³-hybridized carbons (Fsp3) is 0.240. The molecule has 0 aliphatic heterocycles. The highest BCUT2D eigenvalue weighted by Crippen LogP contribution is 2.36. The molecule has 0 amide bonds. The van der Waals surface area contributed by atoms with Gasteiger partial charge in [0.1, 0.15) is 5.15 Å². The van der Waals surface area contributed by atoms with E-state index >= 15 is 0 Å². The molecule has 4 aromatic rings. The number of benzene rings is 1. The van der Waals surface area contributed by atoms with Gasteiger partial charge < -0.3 is 9.84 Å². The lowest BCUT2D eigenvalue weighted by molar-refractivity contribution is -0.149. The van der Waals surface area contributed by atoms with E-state index in [1.54, 1.807) is 6.20 Å². The Hall–Kier alpha value is -3.22. The van der Waals surface area contributed by atoms with E-state index in [0.29, 0.717) is 11.6 Å². The van der Waals surface area contributed by atoms with E-state index in [9.17, 15) is 9.90 Å². The van der Waals surface area contributed by atoms with Crippen LogP contribution in [0.5, 0.6) is 0 Å². The van der Waals surface area contributed by atoms with Crippen molar-refractivity contribution in [1.29, 1.82) is 0 Å². The largest absolute Gasteiger partial charge is 0.479 e. The zero-order valence-electron chi connectivity index (χ0n) is 18.0. The van der Waals surface area contributed by atoms with Crippen molar-refractivity contribution in [2.24, 2.45) is 0 Å². The minimum absolute atomic E-state index is 0.248. The molecule has 0 aliphatic rings. The molecule has 3 aromatic heterocycles. The molecule has 0 radical (unpaired) electrons. The van der Waals surface area contributed by atoms with Gasteiger partial charge in [-0.3, -0.25) is 0 Å². The number of nitrogens with zero attached hydrogens (tertiary/aromatic N) is 3. The quantitative estimate of drug-likeness (QED) is 0.369. The fourth-order valence-corrected chi connectivity index (χ4v) is 4.01. The highest BCUT2D eigenvalue weighted by Gasteiger charge is 2.21. The van der Waals surface area contributed by atoms with Crippen molar-refractivity contribution in [3.05, 3.63) is 77.2 Å². The van der Waals surface area contributed by atoms with E-state index in [2.05, 4.69) is 24.0 Å². The van der Waals surface area contributed by atoms with E-state index in [1.807, 2.05) is 47.0 Å². The Morgan fingerprint density at radius 3 is 2.62 bits per heavy atom. The van der Waals surface area contributed by atoms with E-state index in [-0.39, 0.29) is 6.61 Å². The SMILES string of the molecule is CCc1ccc2c(-c3ccnc(Cl)c3)c(CCOC(C)C(=O)O)c(-c3ccccc3)nn12. The summed E-state index contributed by atoms with van der Waals surface area (Å²) < 4.78 is 7.56. The number of aliphatic carboxylic acids is 1. The second kappa shape index (κ2) is 9.51. The number of ether oxygens (including phenoxy) is 1. The average molecular weight is 450 g/mol. The molecule has 1 N–H and O–H groups in total.